The van der Waals surface area contributed by atoms with Crippen LogP contribution in [0.25, 0.3) is 0 Å². The molecule has 1 aliphatic heterocycles. The predicted octanol–water partition coefficient (Wildman–Crippen LogP) is 1.87. The van der Waals surface area contributed by atoms with Crippen molar-refractivity contribution in [3.05, 3.63) is 29.8 Å². The summed E-state index contributed by atoms with van der Waals surface area (Å²) in [7, 11) is 0. The molecule has 0 saturated carbocycles. The van der Waals surface area contributed by atoms with Crippen LogP contribution in [0.4, 0.5) is 5.69 Å². The Labute approximate surface area is 88.9 Å². The zero-order valence-corrected chi connectivity index (χ0v) is 8.60. The molecule has 3 heteroatoms. The Kier molecular flexibility index (Phi) is 2.42. The highest BCUT2D eigenvalue weighted by molar-refractivity contribution is 5.96. The fraction of sp³-hybridized carbons (Fsp3) is 0.333. The van der Waals surface area contributed by atoms with Crippen molar-refractivity contribution in [2.24, 2.45) is 5.92 Å². The van der Waals surface area contributed by atoms with Crippen molar-refractivity contribution in [1.82, 2.24) is 0 Å². The fourth-order valence-corrected chi connectivity index (χ4v) is 1.84. The third-order valence-electron chi connectivity index (χ3n) is 2.62. The molecule has 0 bridgehead atoms. The Bertz CT molecular complexity index is 433. The molecule has 0 spiro atoms. The molecule has 1 atom stereocenters. The number of anilines is 1. The number of rotatable bonds is 1. The van der Waals surface area contributed by atoms with Crippen molar-refractivity contribution in [1.29, 1.82) is 5.26 Å². The molecule has 1 aromatic rings. The average Bonchev–Trinajstić information content (AvgIpc) is 2.60. The summed E-state index contributed by atoms with van der Waals surface area (Å²) in [5.74, 6) is -0.106. The van der Waals surface area contributed by atoms with Crippen LogP contribution in [0, 0.1) is 24.2 Å². The summed E-state index contributed by atoms with van der Waals surface area (Å²) in [5.41, 5.74) is 2.03. The van der Waals surface area contributed by atoms with Gasteiger partial charge >= 0.3 is 0 Å². The molecule has 0 radical (unpaired) electrons. The van der Waals surface area contributed by atoms with Crippen LogP contribution < -0.4 is 4.90 Å². The van der Waals surface area contributed by atoms with Gasteiger partial charge in [0.1, 0.15) is 0 Å². The van der Waals surface area contributed by atoms with Crippen molar-refractivity contribution in [2.75, 3.05) is 11.4 Å². The maximum absolute atomic E-state index is 11.6. The van der Waals surface area contributed by atoms with Gasteiger partial charge in [-0.25, -0.2) is 0 Å². The topological polar surface area (TPSA) is 44.1 Å². The third kappa shape index (κ3) is 1.84. The third-order valence-corrected chi connectivity index (χ3v) is 2.62. The van der Waals surface area contributed by atoms with E-state index in [1.165, 1.54) is 0 Å². The lowest BCUT2D eigenvalue weighted by atomic mass is 10.1. The molecule has 0 aliphatic carbocycles. The molecule has 0 N–H and O–H groups in total. The summed E-state index contributed by atoms with van der Waals surface area (Å²) in [4.78, 5) is 13.3. The van der Waals surface area contributed by atoms with E-state index in [4.69, 9.17) is 5.26 Å². The van der Waals surface area contributed by atoms with Gasteiger partial charge in [0.25, 0.3) is 0 Å². The molecule has 1 heterocycles. The number of benzene rings is 1. The molecule has 0 aromatic heterocycles. The number of nitriles is 1. The largest absolute Gasteiger partial charge is 0.311 e. The molecule has 2 rings (SSSR count). The number of nitrogens with zero attached hydrogens (tertiary/aromatic N) is 2. The van der Waals surface area contributed by atoms with Crippen LogP contribution in [0.15, 0.2) is 24.3 Å². The zero-order valence-electron chi connectivity index (χ0n) is 8.60. The second-order valence-corrected chi connectivity index (χ2v) is 3.87. The summed E-state index contributed by atoms with van der Waals surface area (Å²) in [5, 5.41) is 8.77. The van der Waals surface area contributed by atoms with Crippen molar-refractivity contribution >= 4 is 11.6 Å². The summed E-state index contributed by atoms with van der Waals surface area (Å²) in [6.45, 7) is 2.52. The second-order valence-electron chi connectivity index (χ2n) is 3.87. The number of hydrogen-bond acceptors (Lipinski definition) is 2. The molecule has 15 heavy (non-hydrogen) atoms. The maximum atomic E-state index is 11.6. The number of carbonyl (C=O) groups excluding carboxylic acids is 1. The summed E-state index contributed by atoms with van der Waals surface area (Å²) < 4.78 is 0. The molecule has 1 amide bonds. The zero-order chi connectivity index (χ0) is 10.8. The Morgan fingerprint density at radius 3 is 2.93 bits per heavy atom. The fourth-order valence-electron chi connectivity index (χ4n) is 1.84. The minimum atomic E-state index is -0.155. The van der Waals surface area contributed by atoms with E-state index < -0.39 is 0 Å². The van der Waals surface area contributed by atoms with Crippen LogP contribution in [-0.2, 0) is 4.79 Å². The molecular weight excluding hydrogens is 188 g/mol. The standard InChI is InChI=1S/C12H12N2O/c1-9-3-2-4-11(5-9)14-8-10(7-13)6-12(14)15/h2-5,10H,6,8H2,1H3. The quantitative estimate of drug-likeness (QED) is 0.694. The maximum Gasteiger partial charge on any atom is 0.228 e. The molecule has 1 saturated heterocycles. The second kappa shape index (κ2) is 3.74. The van der Waals surface area contributed by atoms with Gasteiger partial charge in [0.2, 0.25) is 5.91 Å². The molecule has 1 unspecified atom stereocenters. The van der Waals surface area contributed by atoms with E-state index in [0.29, 0.717) is 13.0 Å². The highest BCUT2D eigenvalue weighted by Crippen LogP contribution is 2.24. The Morgan fingerprint density at radius 2 is 2.33 bits per heavy atom. The van der Waals surface area contributed by atoms with Crippen LogP contribution in [-0.4, -0.2) is 12.5 Å². The number of carbonyl (C=O) groups is 1. The lowest BCUT2D eigenvalue weighted by Crippen LogP contribution is -2.24. The summed E-state index contributed by atoms with van der Waals surface area (Å²) >= 11 is 0. The predicted molar refractivity (Wildman–Crippen MR) is 57.3 cm³/mol. The van der Waals surface area contributed by atoms with Crippen LogP contribution >= 0.6 is 0 Å². The molecule has 1 aliphatic rings. The van der Waals surface area contributed by atoms with Crippen LogP contribution in [0.3, 0.4) is 0 Å². The number of hydrogen-bond donors (Lipinski definition) is 0. The Hall–Kier alpha value is -1.82. The van der Waals surface area contributed by atoms with Crippen LogP contribution in [0.5, 0.6) is 0 Å². The van der Waals surface area contributed by atoms with E-state index in [9.17, 15) is 4.79 Å². The first kappa shape index (κ1) is 9.72. The van der Waals surface area contributed by atoms with Gasteiger partial charge in [-0.2, -0.15) is 5.26 Å². The summed E-state index contributed by atoms with van der Waals surface area (Å²) in [6.07, 6.45) is 0.352. The van der Waals surface area contributed by atoms with Gasteiger partial charge in [0.05, 0.1) is 12.0 Å². The lowest BCUT2D eigenvalue weighted by Gasteiger charge is -2.15. The highest BCUT2D eigenvalue weighted by Gasteiger charge is 2.30. The smallest absolute Gasteiger partial charge is 0.228 e. The van der Waals surface area contributed by atoms with E-state index in [0.717, 1.165) is 11.3 Å². The molecule has 1 aromatic carbocycles. The van der Waals surface area contributed by atoms with Gasteiger partial charge in [-0.05, 0) is 24.6 Å². The van der Waals surface area contributed by atoms with E-state index in [1.54, 1.807) is 4.90 Å². The molecule has 1 fully saturated rings. The first-order valence-corrected chi connectivity index (χ1v) is 4.97. The van der Waals surface area contributed by atoms with Crippen molar-refractivity contribution in [3.63, 3.8) is 0 Å². The first-order chi connectivity index (χ1) is 7.20. The van der Waals surface area contributed by atoms with Gasteiger partial charge in [-0.15, -0.1) is 0 Å². The monoisotopic (exact) mass is 200 g/mol. The van der Waals surface area contributed by atoms with Gasteiger partial charge in [0, 0.05) is 18.7 Å². The van der Waals surface area contributed by atoms with E-state index >= 15 is 0 Å². The van der Waals surface area contributed by atoms with E-state index in [2.05, 4.69) is 6.07 Å². The van der Waals surface area contributed by atoms with E-state index in [-0.39, 0.29) is 11.8 Å². The lowest BCUT2D eigenvalue weighted by molar-refractivity contribution is -0.117. The van der Waals surface area contributed by atoms with Crippen LogP contribution in [0.2, 0.25) is 0 Å². The Morgan fingerprint density at radius 1 is 1.53 bits per heavy atom. The highest BCUT2D eigenvalue weighted by atomic mass is 16.2. The SMILES string of the molecule is Cc1cccc(N2CC(C#N)CC2=O)c1. The molecular formula is C12H12N2O. The average molecular weight is 200 g/mol. The van der Waals surface area contributed by atoms with Crippen molar-refractivity contribution in [2.45, 2.75) is 13.3 Å². The van der Waals surface area contributed by atoms with Gasteiger partial charge in [0.15, 0.2) is 0 Å². The molecule has 3 nitrogen and oxygen atoms in total. The normalized spacial score (nSPS) is 20.4. The van der Waals surface area contributed by atoms with Crippen molar-refractivity contribution in [3.8, 4) is 6.07 Å². The first-order valence-electron chi connectivity index (χ1n) is 4.97. The summed E-state index contributed by atoms with van der Waals surface area (Å²) in [6, 6.07) is 9.94. The van der Waals surface area contributed by atoms with Crippen molar-refractivity contribution < 1.29 is 4.79 Å². The van der Waals surface area contributed by atoms with Gasteiger partial charge in [-0.1, -0.05) is 12.1 Å². The molecule has 76 valence electrons. The van der Waals surface area contributed by atoms with Gasteiger partial charge < -0.3 is 4.90 Å². The Balaban J connectivity index is 2.26. The number of amides is 1. The van der Waals surface area contributed by atoms with E-state index in [1.807, 2.05) is 31.2 Å². The minimum Gasteiger partial charge on any atom is -0.311 e. The van der Waals surface area contributed by atoms with Crippen LogP contribution in [0.1, 0.15) is 12.0 Å². The minimum absolute atomic E-state index is 0.0483. The van der Waals surface area contributed by atoms with Gasteiger partial charge in [-0.3, -0.25) is 4.79 Å². The number of aryl methyl sites for hydroxylation is 1.